The number of carbonyl (C=O) groups is 1. The predicted molar refractivity (Wildman–Crippen MR) is 73.9 cm³/mol. The standard InChI is InChI=1S/C11H16N2O4S.ClH/c1-17-11(14)9-4-2-5-10(8-9)18(15,16)13-7-3-6-12;/h2,4-5,8,13H,3,6-7,12H2,1H3;1H. The molecule has 0 fully saturated rings. The lowest BCUT2D eigenvalue weighted by Gasteiger charge is -2.07. The first-order valence-electron chi connectivity index (χ1n) is 5.39. The van der Waals surface area contributed by atoms with Gasteiger partial charge in [-0.25, -0.2) is 17.9 Å². The van der Waals surface area contributed by atoms with Gasteiger partial charge in [-0.15, -0.1) is 12.4 Å². The summed E-state index contributed by atoms with van der Waals surface area (Å²) in [5.41, 5.74) is 5.48. The van der Waals surface area contributed by atoms with Crippen LogP contribution in [0.2, 0.25) is 0 Å². The zero-order valence-electron chi connectivity index (χ0n) is 10.5. The molecule has 108 valence electrons. The molecule has 6 nitrogen and oxygen atoms in total. The van der Waals surface area contributed by atoms with Crippen molar-refractivity contribution in [1.29, 1.82) is 0 Å². The first-order chi connectivity index (χ1) is 8.51. The van der Waals surface area contributed by atoms with Gasteiger partial charge >= 0.3 is 5.97 Å². The molecule has 0 radical (unpaired) electrons. The van der Waals surface area contributed by atoms with Crippen LogP contribution < -0.4 is 10.5 Å². The lowest BCUT2D eigenvalue weighted by Crippen LogP contribution is -2.26. The Bertz CT molecular complexity index is 519. The molecule has 0 aliphatic carbocycles. The van der Waals surface area contributed by atoms with Crippen LogP contribution in [0.15, 0.2) is 29.2 Å². The summed E-state index contributed by atoms with van der Waals surface area (Å²) in [5.74, 6) is -0.575. The van der Waals surface area contributed by atoms with Gasteiger partial charge in [0.15, 0.2) is 0 Å². The summed E-state index contributed by atoms with van der Waals surface area (Å²) in [5, 5.41) is 0. The molecule has 1 aromatic carbocycles. The third-order valence-corrected chi connectivity index (χ3v) is 3.70. The first kappa shape index (κ1) is 17.8. The molecule has 0 saturated carbocycles. The second kappa shape index (κ2) is 8.11. The highest BCUT2D eigenvalue weighted by Gasteiger charge is 2.15. The van der Waals surface area contributed by atoms with Gasteiger partial charge in [-0.05, 0) is 31.2 Å². The van der Waals surface area contributed by atoms with E-state index in [2.05, 4.69) is 9.46 Å². The third-order valence-electron chi connectivity index (χ3n) is 2.24. The van der Waals surface area contributed by atoms with Crippen molar-refractivity contribution < 1.29 is 17.9 Å². The molecule has 3 N–H and O–H groups in total. The molecule has 0 spiro atoms. The van der Waals surface area contributed by atoms with Crippen LogP contribution in [0.25, 0.3) is 0 Å². The summed E-state index contributed by atoms with van der Waals surface area (Å²) >= 11 is 0. The monoisotopic (exact) mass is 308 g/mol. The zero-order chi connectivity index (χ0) is 13.6. The minimum atomic E-state index is -3.61. The fraction of sp³-hybridized carbons (Fsp3) is 0.364. The third kappa shape index (κ3) is 5.15. The van der Waals surface area contributed by atoms with E-state index < -0.39 is 16.0 Å². The van der Waals surface area contributed by atoms with Crippen molar-refractivity contribution in [2.75, 3.05) is 20.2 Å². The Labute approximate surface area is 118 Å². The van der Waals surface area contributed by atoms with Crippen LogP contribution in [0, 0.1) is 0 Å². The number of nitrogens with one attached hydrogen (secondary N) is 1. The second-order valence-corrected chi connectivity index (χ2v) is 5.33. The van der Waals surface area contributed by atoms with Gasteiger partial charge in [0, 0.05) is 6.54 Å². The number of methoxy groups -OCH3 is 1. The van der Waals surface area contributed by atoms with Crippen LogP contribution in [0.5, 0.6) is 0 Å². The number of sulfonamides is 1. The van der Waals surface area contributed by atoms with Crippen molar-refractivity contribution >= 4 is 28.4 Å². The molecule has 19 heavy (non-hydrogen) atoms. The number of halogens is 1. The molecule has 8 heteroatoms. The zero-order valence-corrected chi connectivity index (χ0v) is 12.1. The molecular weight excluding hydrogens is 292 g/mol. The molecular formula is C11H17ClN2O4S. The highest BCUT2D eigenvalue weighted by atomic mass is 35.5. The van der Waals surface area contributed by atoms with Gasteiger partial charge in [-0.1, -0.05) is 6.07 Å². The number of ether oxygens (including phenoxy) is 1. The fourth-order valence-corrected chi connectivity index (χ4v) is 2.42. The summed E-state index contributed by atoms with van der Waals surface area (Å²) in [6, 6.07) is 5.67. The van der Waals surface area contributed by atoms with Gasteiger partial charge in [-0.3, -0.25) is 0 Å². The lowest BCUT2D eigenvalue weighted by molar-refractivity contribution is 0.0600. The molecule has 0 aliphatic heterocycles. The van der Waals surface area contributed by atoms with Crippen molar-refractivity contribution in [3.63, 3.8) is 0 Å². The van der Waals surface area contributed by atoms with Gasteiger partial charge in [0.25, 0.3) is 0 Å². The van der Waals surface area contributed by atoms with Crippen LogP contribution in [0.4, 0.5) is 0 Å². The first-order valence-corrected chi connectivity index (χ1v) is 6.87. The van der Waals surface area contributed by atoms with E-state index in [1.54, 1.807) is 0 Å². The van der Waals surface area contributed by atoms with Crippen LogP contribution in [0.1, 0.15) is 16.8 Å². The van der Waals surface area contributed by atoms with Crippen molar-refractivity contribution in [3.05, 3.63) is 29.8 Å². The molecule has 1 rings (SSSR count). The number of esters is 1. The summed E-state index contributed by atoms with van der Waals surface area (Å²) in [6.45, 7) is 0.673. The van der Waals surface area contributed by atoms with Gasteiger partial charge in [0.1, 0.15) is 0 Å². The van der Waals surface area contributed by atoms with Gasteiger partial charge in [-0.2, -0.15) is 0 Å². The Morgan fingerprint density at radius 2 is 2.11 bits per heavy atom. The molecule has 0 bridgehead atoms. The smallest absolute Gasteiger partial charge is 0.337 e. The summed E-state index contributed by atoms with van der Waals surface area (Å²) in [4.78, 5) is 11.3. The van der Waals surface area contributed by atoms with Gasteiger partial charge in [0.2, 0.25) is 10.0 Å². The highest BCUT2D eigenvalue weighted by Crippen LogP contribution is 2.12. The Kier molecular flexibility index (Phi) is 7.62. The highest BCUT2D eigenvalue weighted by molar-refractivity contribution is 7.89. The van der Waals surface area contributed by atoms with E-state index in [0.717, 1.165) is 0 Å². The number of hydrogen-bond donors (Lipinski definition) is 2. The van der Waals surface area contributed by atoms with Crippen molar-refractivity contribution in [2.24, 2.45) is 5.73 Å². The quantitative estimate of drug-likeness (QED) is 0.590. The Hall–Kier alpha value is -1.15. The molecule has 1 aromatic rings. The van der Waals surface area contributed by atoms with Crippen LogP contribution in [-0.2, 0) is 14.8 Å². The maximum atomic E-state index is 11.9. The number of rotatable bonds is 6. The average Bonchev–Trinajstić information content (AvgIpc) is 2.38. The van der Waals surface area contributed by atoms with E-state index in [-0.39, 0.29) is 29.4 Å². The molecule has 0 amide bonds. The van der Waals surface area contributed by atoms with Crippen LogP contribution in [-0.4, -0.2) is 34.6 Å². The van der Waals surface area contributed by atoms with Crippen LogP contribution >= 0.6 is 12.4 Å². The predicted octanol–water partition coefficient (Wildman–Crippen LogP) is 0.522. The second-order valence-electron chi connectivity index (χ2n) is 3.56. The van der Waals surface area contributed by atoms with Gasteiger partial charge in [0.05, 0.1) is 17.6 Å². The number of nitrogens with two attached hydrogens (primary N) is 1. The molecule has 0 aliphatic rings. The normalized spacial score (nSPS) is 10.6. The van der Waals surface area contributed by atoms with Crippen molar-refractivity contribution in [2.45, 2.75) is 11.3 Å². The molecule has 0 heterocycles. The minimum absolute atomic E-state index is 0. The van der Waals surface area contributed by atoms with E-state index in [4.69, 9.17) is 5.73 Å². The summed E-state index contributed by atoms with van der Waals surface area (Å²) in [6.07, 6.45) is 0.552. The fourth-order valence-electron chi connectivity index (χ4n) is 1.30. The van der Waals surface area contributed by atoms with E-state index in [0.29, 0.717) is 13.0 Å². The van der Waals surface area contributed by atoms with Crippen LogP contribution in [0.3, 0.4) is 0 Å². The SMILES string of the molecule is COC(=O)c1cccc(S(=O)(=O)NCCCN)c1.Cl. The summed E-state index contributed by atoms with van der Waals surface area (Å²) < 4.78 is 30.7. The maximum Gasteiger partial charge on any atom is 0.337 e. The lowest BCUT2D eigenvalue weighted by atomic mass is 10.2. The Balaban J connectivity index is 0.00000324. The topological polar surface area (TPSA) is 98.5 Å². The van der Waals surface area contributed by atoms with E-state index in [1.165, 1.54) is 31.4 Å². The number of carbonyl (C=O) groups excluding carboxylic acids is 1. The van der Waals surface area contributed by atoms with Crippen molar-refractivity contribution in [3.8, 4) is 0 Å². The number of benzene rings is 1. The largest absolute Gasteiger partial charge is 0.465 e. The number of hydrogen-bond acceptors (Lipinski definition) is 5. The van der Waals surface area contributed by atoms with E-state index >= 15 is 0 Å². The Morgan fingerprint density at radius 3 is 2.68 bits per heavy atom. The van der Waals surface area contributed by atoms with E-state index in [9.17, 15) is 13.2 Å². The molecule has 0 unspecified atom stereocenters. The minimum Gasteiger partial charge on any atom is -0.465 e. The molecule has 0 atom stereocenters. The maximum absolute atomic E-state index is 11.9. The van der Waals surface area contributed by atoms with Crippen molar-refractivity contribution in [1.82, 2.24) is 4.72 Å². The Morgan fingerprint density at radius 1 is 1.42 bits per heavy atom. The molecule has 0 saturated heterocycles. The average molecular weight is 309 g/mol. The summed E-state index contributed by atoms with van der Waals surface area (Å²) in [7, 11) is -2.37. The van der Waals surface area contributed by atoms with Gasteiger partial charge < -0.3 is 10.5 Å². The van der Waals surface area contributed by atoms with E-state index in [1.807, 2.05) is 0 Å². The molecule has 0 aromatic heterocycles.